The lowest BCUT2D eigenvalue weighted by molar-refractivity contribution is -0.118. The summed E-state index contributed by atoms with van der Waals surface area (Å²) in [7, 11) is 0. The molecule has 2 heterocycles. The minimum atomic E-state index is -0.111. The zero-order valence-electron chi connectivity index (χ0n) is 16.3. The fourth-order valence-corrected chi connectivity index (χ4v) is 3.75. The fraction of sp³-hybridized carbons (Fsp3) is 0.174. The van der Waals surface area contributed by atoms with E-state index in [2.05, 4.69) is 16.4 Å². The Kier molecular flexibility index (Phi) is 5.87. The summed E-state index contributed by atoms with van der Waals surface area (Å²) in [5.41, 5.74) is 4.22. The summed E-state index contributed by atoms with van der Waals surface area (Å²) < 4.78 is 10.8. The van der Waals surface area contributed by atoms with Gasteiger partial charge in [0.05, 0.1) is 17.0 Å². The third kappa shape index (κ3) is 4.56. The Bertz CT molecular complexity index is 1120. The summed E-state index contributed by atoms with van der Waals surface area (Å²) in [5.74, 6) is 1.44. The zero-order chi connectivity index (χ0) is 20.9. The van der Waals surface area contributed by atoms with Crippen LogP contribution in [0.2, 0.25) is 0 Å². The van der Waals surface area contributed by atoms with E-state index in [0.29, 0.717) is 34.3 Å². The molecule has 6 nitrogen and oxygen atoms in total. The van der Waals surface area contributed by atoms with Gasteiger partial charge in [-0.1, -0.05) is 41.6 Å². The van der Waals surface area contributed by atoms with Crippen LogP contribution in [-0.4, -0.2) is 23.4 Å². The SMILES string of the molecule is Cc1ccc(CNC(=O)CSc2nc(-c3ccc4c(c3)OCO4)ccc2C#N)cc1. The van der Waals surface area contributed by atoms with E-state index in [1.807, 2.05) is 49.4 Å². The van der Waals surface area contributed by atoms with Crippen molar-refractivity contribution in [3.63, 3.8) is 0 Å². The Morgan fingerprint density at radius 1 is 1.13 bits per heavy atom. The van der Waals surface area contributed by atoms with Crippen molar-refractivity contribution in [2.24, 2.45) is 0 Å². The molecule has 7 heteroatoms. The number of carbonyl (C=O) groups is 1. The van der Waals surface area contributed by atoms with Crippen molar-refractivity contribution < 1.29 is 14.3 Å². The van der Waals surface area contributed by atoms with Crippen LogP contribution in [0.5, 0.6) is 11.5 Å². The summed E-state index contributed by atoms with van der Waals surface area (Å²) in [4.78, 5) is 16.9. The van der Waals surface area contributed by atoms with Crippen molar-refractivity contribution in [3.05, 3.63) is 71.3 Å². The molecule has 0 unspecified atom stereocenters. The van der Waals surface area contributed by atoms with Crippen molar-refractivity contribution in [1.82, 2.24) is 10.3 Å². The van der Waals surface area contributed by atoms with Crippen LogP contribution < -0.4 is 14.8 Å². The van der Waals surface area contributed by atoms with E-state index in [9.17, 15) is 10.1 Å². The number of hydrogen-bond donors (Lipinski definition) is 1. The molecule has 0 saturated carbocycles. The van der Waals surface area contributed by atoms with Crippen LogP contribution in [0, 0.1) is 18.3 Å². The third-order valence-electron chi connectivity index (χ3n) is 4.60. The van der Waals surface area contributed by atoms with Crippen LogP contribution in [0.4, 0.5) is 0 Å². The Morgan fingerprint density at radius 3 is 2.73 bits per heavy atom. The molecular weight excluding hydrogens is 398 g/mol. The summed E-state index contributed by atoms with van der Waals surface area (Å²) in [6.07, 6.45) is 0. The van der Waals surface area contributed by atoms with Crippen molar-refractivity contribution in [1.29, 1.82) is 5.26 Å². The standard InChI is InChI=1S/C23H19N3O3S/c1-15-2-4-16(5-3-15)12-25-22(27)13-30-23-18(11-24)6-8-19(26-23)17-7-9-20-21(10-17)29-14-28-20/h2-10H,12-14H2,1H3,(H,25,27). The first kappa shape index (κ1) is 19.8. The van der Waals surface area contributed by atoms with Gasteiger partial charge in [0.2, 0.25) is 12.7 Å². The van der Waals surface area contributed by atoms with Gasteiger partial charge in [-0.25, -0.2) is 4.98 Å². The second kappa shape index (κ2) is 8.89. The second-order valence-electron chi connectivity index (χ2n) is 6.78. The molecule has 2 aromatic carbocycles. The average Bonchev–Trinajstić information content (AvgIpc) is 3.25. The monoisotopic (exact) mass is 417 g/mol. The molecule has 1 amide bonds. The summed E-state index contributed by atoms with van der Waals surface area (Å²) in [6.45, 7) is 2.70. The van der Waals surface area contributed by atoms with Crippen LogP contribution in [0.3, 0.4) is 0 Å². The van der Waals surface area contributed by atoms with Gasteiger partial charge < -0.3 is 14.8 Å². The summed E-state index contributed by atoms with van der Waals surface area (Å²) in [6, 6.07) is 19.3. The van der Waals surface area contributed by atoms with E-state index < -0.39 is 0 Å². The van der Waals surface area contributed by atoms with Gasteiger partial charge in [0.1, 0.15) is 11.1 Å². The Labute approximate surface area is 178 Å². The first-order valence-electron chi connectivity index (χ1n) is 9.38. The average molecular weight is 417 g/mol. The second-order valence-corrected chi connectivity index (χ2v) is 7.74. The number of nitriles is 1. The number of benzene rings is 2. The predicted molar refractivity (Wildman–Crippen MR) is 114 cm³/mol. The molecule has 4 rings (SSSR count). The predicted octanol–water partition coefficient (Wildman–Crippen LogP) is 4.07. The van der Waals surface area contributed by atoms with Gasteiger partial charge in [0.15, 0.2) is 11.5 Å². The van der Waals surface area contributed by atoms with Gasteiger partial charge >= 0.3 is 0 Å². The number of amides is 1. The maximum absolute atomic E-state index is 12.3. The molecule has 30 heavy (non-hydrogen) atoms. The number of thioether (sulfide) groups is 1. The molecule has 150 valence electrons. The molecule has 1 N–H and O–H groups in total. The van der Waals surface area contributed by atoms with Crippen molar-refractivity contribution in [2.45, 2.75) is 18.5 Å². The molecule has 0 saturated heterocycles. The highest BCUT2D eigenvalue weighted by Crippen LogP contribution is 2.36. The summed E-state index contributed by atoms with van der Waals surface area (Å²) in [5, 5.41) is 12.8. The molecular formula is C23H19N3O3S. The molecule has 0 bridgehead atoms. The van der Waals surface area contributed by atoms with Crippen LogP contribution in [-0.2, 0) is 11.3 Å². The number of hydrogen-bond acceptors (Lipinski definition) is 6. The van der Waals surface area contributed by atoms with Crippen LogP contribution in [0.1, 0.15) is 16.7 Å². The van der Waals surface area contributed by atoms with Gasteiger partial charge in [-0.2, -0.15) is 5.26 Å². The van der Waals surface area contributed by atoms with E-state index in [4.69, 9.17) is 9.47 Å². The minimum absolute atomic E-state index is 0.111. The first-order chi connectivity index (χ1) is 14.6. The lowest BCUT2D eigenvalue weighted by Gasteiger charge is -2.08. The normalized spacial score (nSPS) is 11.7. The lowest BCUT2D eigenvalue weighted by atomic mass is 10.1. The number of rotatable bonds is 6. The Hall–Kier alpha value is -3.50. The third-order valence-corrected chi connectivity index (χ3v) is 5.59. The van der Waals surface area contributed by atoms with Gasteiger partial charge in [0.25, 0.3) is 0 Å². The van der Waals surface area contributed by atoms with Crippen LogP contribution in [0.15, 0.2) is 59.6 Å². The van der Waals surface area contributed by atoms with Gasteiger partial charge in [-0.05, 0) is 42.8 Å². The van der Waals surface area contributed by atoms with E-state index in [1.165, 1.54) is 17.3 Å². The quantitative estimate of drug-likeness (QED) is 0.609. The molecule has 0 atom stereocenters. The van der Waals surface area contributed by atoms with E-state index in [0.717, 1.165) is 11.1 Å². The number of ether oxygens (including phenoxy) is 2. The molecule has 0 fully saturated rings. The zero-order valence-corrected chi connectivity index (χ0v) is 17.2. The molecule has 1 aliphatic heterocycles. The van der Waals surface area contributed by atoms with Gasteiger partial charge in [0, 0.05) is 12.1 Å². The molecule has 0 aliphatic carbocycles. The number of fused-ring (bicyclic) bond motifs is 1. The smallest absolute Gasteiger partial charge is 0.231 e. The van der Waals surface area contributed by atoms with Gasteiger partial charge in [-0.3, -0.25) is 4.79 Å². The maximum atomic E-state index is 12.3. The van der Waals surface area contributed by atoms with Crippen LogP contribution in [0.25, 0.3) is 11.3 Å². The van der Waals surface area contributed by atoms with Crippen molar-refractivity contribution >= 4 is 17.7 Å². The Balaban J connectivity index is 1.43. The van der Waals surface area contributed by atoms with E-state index in [-0.39, 0.29) is 18.5 Å². The number of pyridine rings is 1. The Morgan fingerprint density at radius 2 is 1.93 bits per heavy atom. The summed E-state index contributed by atoms with van der Waals surface area (Å²) >= 11 is 1.25. The largest absolute Gasteiger partial charge is 0.454 e. The van der Waals surface area contributed by atoms with Crippen LogP contribution >= 0.6 is 11.8 Å². The number of nitrogens with zero attached hydrogens (tertiary/aromatic N) is 2. The first-order valence-corrected chi connectivity index (χ1v) is 10.4. The highest BCUT2D eigenvalue weighted by Gasteiger charge is 2.16. The fourth-order valence-electron chi connectivity index (χ4n) is 2.94. The molecule has 1 aliphatic rings. The number of aryl methyl sites for hydroxylation is 1. The van der Waals surface area contributed by atoms with E-state index >= 15 is 0 Å². The lowest BCUT2D eigenvalue weighted by Crippen LogP contribution is -2.24. The topological polar surface area (TPSA) is 84.2 Å². The molecule has 1 aromatic heterocycles. The maximum Gasteiger partial charge on any atom is 0.231 e. The highest BCUT2D eigenvalue weighted by atomic mass is 32.2. The van der Waals surface area contributed by atoms with Gasteiger partial charge in [-0.15, -0.1) is 0 Å². The number of carbonyl (C=O) groups excluding carboxylic acids is 1. The van der Waals surface area contributed by atoms with Crippen molar-refractivity contribution in [2.75, 3.05) is 12.5 Å². The van der Waals surface area contributed by atoms with Crippen molar-refractivity contribution in [3.8, 4) is 28.8 Å². The molecule has 0 radical (unpaired) electrons. The minimum Gasteiger partial charge on any atom is -0.454 e. The highest BCUT2D eigenvalue weighted by molar-refractivity contribution is 8.00. The number of nitrogens with one attached hydrogen (secondary N) is 1. The van der Waals surface area contributed by atoms with E-state index in [1.54, 1.807) is 12.1 Å². The number of aromatic nitrogens is 1. The molecule has 0 spiro atoms. The molecule has 3 aromatic rings.